The largest absolute Gasteiger partial charge is 0.347 e. The molecule has 10 heteroatoms. The molecule has 0 radical (unpaired) electrons. The van der Waals surface area contributed by atoms with Crippen LogP contribution in [-0.2, 0) is 19.4 Å². The van der Waals surface area contributed by atoms with Crippen molar-refractivity contribution >= 4 is 67.4 Å². The van der Waals surface area contributed by atoms with Gasteiger partial charge < -0.3 is 5.32 Å². The molecule has 25 heavy (non-hydrogen) atoms. The number of hydrogen-bond donors (Lipinski definition) is 1. The van der Waals surface area contributed by atoms with Crippen LogP contribution in [0.1, 0.15) is 11.8 Å². The Morgan fingerprint density at radius 3 is 2.88 bits per heavy atom. The van der Waals surface area contributed by atoms with Crippen LogP contribution in [0.4, 0.5) is 0 Å². The summed E-state index contributed by atoms with van der Waals surface area (Å²) < 4.78 is 23.1. The monoisotopic (exact) mass is 414 g/mol. The van der Waals surface area contributed by atoms with Gasteiger partial charge in [-0.2, -0.15) is 0 Å². The zero-order chi connectivity index (χ0) is 18.2. The summed E-state index contributed by atoms with van der Waals surface area (Å²) in [6.07, 6.45) is 3.18. The summed E-state index contributed by atoms with van der Waals surface area (Å²) in [6.45, 7) is 1.57. The van der Waals surface area contributed by atoms with Crippen molar-refractivity contribution in [3.8, 4) is 0 Å². The number of amides is 2. The Balaban J connectivity index is 1.70. The number of thiocarbonyl (C=S) groups is 1. The number of nitrogens with one attached hydrogen (secondary N) is 1. The van der Waals surface area contributed by atoms with E-state index in [0.717, 1.165) is 22.0 Å². The van der Waals surface area contributed by atoms with Gasteiger partial charge in [-0.3, -0.25) is 14.5 Å². The lowest BCUT2D eigenvalue weighted by atomic mass is 10.2. The average Bonchev–Trinajstić information content (AvgIpc) is 3.21. The molecule has 1 aromatic rings. The zero-order valence-corrected chi connectivity index (χ0v) is 16.3. The van der Waals surface area contributed by atoms with E-state index in [-0.39, 0.29) is 11.7 Å². The number of thioether (sulfide) groups is 1. The van der Waals surface area contributed by atoms with Crippen LogP contribution in [0.25, 0.3) is 6.08 Å². The SMILES string of the molecule is C[C@@H](C(=O)N[C@@H]1C=CS(=O)(=O)C1)N1C(=O)/C(=C/c2cccs2)SC1=S. The molecule has 2 aliphatic rings. The first-order chi connectivity index (χ1) is 11.8. The number of hydrogen-bond acceptors (Lipinski definition) is 7. The van der Waals surface area contributed by atoms with Gasteiger partial charge >= 0.3 is 0 Å². The standard InChI is InChI=1S/C15H14N2O4S4/c1-9(13(18)16-10-4-6-25(20,21)8-10)17-14(19)12(24-15(17)22)7-11-3-2-5-23-11/h2-7,9-10H,8H2,1H3,(H,16,18)/b12-7-/t9-,10+/m0/s1. The highest BCUT2D eigenvalue weighted by Crippen LogP contribution is 2.34. The Labute approximate surface area is 158 Å². The van der Waals surface area contributed by atoms with Crippen LogP contribution in [0.5, 0.6) is 0 Å². The van der Waals surface area contributed by atoms with E-state index in [4.69, 9.17) is 12.2 Å². The summed E-state index contributed by atoms with van der Waals surface area (Å²) in [5.41, 5.74) is 0. The van der Waals surface area contributed by atoms with Crippen LogP contribution in [-0.4, -0.2) is 47.3 Å². The van der Waals surface area contributed by atoms with Crippen molar-refractivity contribution in [2.24, 2.45) is 0 Å². The lowest BCUT2D eigenvalue weighted by Crippen LogP contribution is -2.49. The van der Waals surface area contributed by atoms with Gasteiger partial charge in [0.15, 0.2) is 9.84 Å². The smallest absolute Gasteiger partial charge is 0.266 e. The Bertz CT molecular complexity index is 887. The molecular formula is C15H14N2O4S4. The van der Waals surface area contributed by atoms with Gasteiger partial charge in [-0.1, -0.05) is 30.0 Å². The van der Waals surface area contributed by atoms with Crippen LogP contribution in [0, 0.1) is 0 Å². The Hall–Kier alpha value is -1.49. The van der Waals surface area contributed by atoms with Gasteiger partial charge in [0.05, 0.1) is 16.7 Å². The summed E-state index contributed by atoms with van der Waals surface area (Å²) in [5.74, 6) is -0.927. The molecule has 1 saturated heterocycles. The van der Waals surface area contributed by atoms with Crippen LogP contribution in [0.2, 0.25) is 0 Å². The van der Waals surface area contributed by atoms with E-state index in [9.17, 15) is 18.0 Å². The maximum atomic E-state index is 12.6. The number of carbonyl (C=O) groups excluding carboxylic acids is 2. The molecule has 0 aliphatic carbocycles. The molecule has 0 saturated carbocycles. The highest BCUT2D eigenvalue weighted by Gasteiger charge is 2.39. The first-order valence-corrected chi connectivity index (χ1v) is 11.1. The second kappa shape index (κ2) is 7.02. The molecule has 6 nitrogen and oxygen atoms in total. The van der Waals surface area contributed by atoms with Crippen molar-refractivity contribution in [2.45, 2.75) is 19.0 Å². The third kappa shape index (κ3) is 4.02. The second-order valence-electron chi connectivity index (χ2n) is 5.52. The number of nitrogens with zero attached hydrogens (tertiary/aromatic N) is 1. The summed E-state index contributed by atoms with van der Waals surface area (Å²) in [5, 5.41) is 5.63. The van der Waals surface area contributed by atoms with Gasteiger partial charge in [-0.15, -0.1) is 11.3 Å². The van der Waals surface area contributed by atoms with Crippen molar-refractivity contribution in [2.75, 3.05) is 5.75 Å². The van der Waals surface area contributed by atoms with Crippen molar-refractivity contribution in [1.82, 2.24) is 10.2 Å². The maximum Gasteiger partial charge on any atom is 0.266 e. The Morgan fingerprint density at radius 2 is 2.28 bits per heavy atom. The molecule has 1 fully saturated rings. The number of sulfone groups is 1. The molecule has 1 N–H and O–H groups in total. The quantitative estimate of drug-likeness (QED) is 0.597. The van der Waals surface area contributed by atoms with Crippen molar-refractivity contribution in [3.05, 3.63) is 38.8 Å². The third-order valence-corrected chi connectivity index (χ3v) is 7.21. The molecule has 2 aliphatic heterocycles. The molecule has 0 aromatic carbocycles. The second-order valence-corrected chi connectivity index (χ2v) is 10.1. The number of thiophene rings is 1. The summed E-state index contributed by atoms with van der Waals surface area (Å²) in [7, 11) is -3.26. The first-order valence-electron chi connectivity index (χ1n) is 7.29. The van der Waals surface area contributed by atoms with E-state index in [2.05, 4.69) is 5.32 Å². The lowest BCUT2D eigenvalue weighted by molar-refractivity contribution is -0.132. The fraction of sp³-hybridized carbons (Fsp3) is 0.267. The van der Waals surface area contributed by atoms with Gasteiger partial charge in [-0.25, -0.2) is 8.42 Å². The maximum absolute atomic E-state index is 12.6. The molecule has 0 unspecified atom stereocenters. The van der Waals surface area contributed by atoms with Crippen LogP contribution in [0.15, 0.2) is 33.9 Å². The molecule has 2 atom stereocenters. The van der Waals surface area contributed by atoms with E-state index < -0.39 is 27.8 Å². The van der Waals surface area contributed by atoms with Crippen molar-refractivity contribution in [3.63, 3.8) is 0 Å². The summed E-state index contributed by atoms with van der Waals surface area (Å²) in [6, 6.07) is 2.37. The van der Waals surface area contributed by atoms with Crippen LogP contribution >= 0.6 is 35.3 Å². The van der Waals surface area contributed by atoms with Gasteiger partial charge in [0, 0.05) is 10.3 Å². The molecule has 132 valence electrons. The molecule has 3 rings (SSSR count). The molecular weight excluding hydrogens is 400 g/mol. The van der Waals surface area contributed by atoms with E-state index in [1.54, 1.807) is 13.0 Å². The average molecular weight is 415 g/mol. The lowest BCUT2D eigenvalue weighted by Gasteiger charge is -2.23. The van der Waals surface area contributed by atoms with E-state index in [0.29, 0.717) is 9.23 Å². The highest BCUT2D eigenvalue weighted by molar-refractivity contribution is 8.26. The van der Waals surface area contributed by atoms with Crippen molar-refractivity contribution in [1.29, 1.82) is 0 Å². The Morgan fingerprint density at radius 1 is 1.52 bits per heavy atom. The topological polar surface area (TPSA) is 83.6 Å². The first kappa shape index (κ1) is 18.3. The van der Waals surface area contributed by atoms with Gasteiger partial charge in [0.25, 0.3) is 5.91 Å². The Kier molecular flexibility index (Phi) is 5.14. The summed E-state index contributed by atoms with van der Waals surface area (Å²) >= 11 is 7.90. The summed E-state index contributed by atoms with van der Waals surface area (Å²) in [4.78, 5) is 27.6. The third-order valence-electron chi connectivity index (χ3n) is 3.66. The molecule has 0 bridgehead atoms. The van der Waals surface area contributed by atoms with E-state index in [1.807, 2.05) is 17.5 Å². The normalized spacial score (nSPS) is 24.9. The minimum atomic E-state index is -3.26. The molecule has 0 spiro atoms. The van der Waals surface area contributed by atoms with Crippen molar-refractivity contribution < 1.29 is 18.0 Å². The fourth-order valence-electron chi connectivity index (χ4n) is 2.40. The van der Waals surface area contributed by atoms with Gasteiger partial charge in [-0.05, 0) is 30.5 Å². The zero-order valence-electron chi connectivity index (χ0n) is 13.0. The predicted molar refractivity (Wildman–Crippen MR) is 104 cm³/mol. The van der Waals surface area contributed by atoms with Gasteiger partial charge in [0.2, 0.25) is 5.91 Å². The highest BCUT2D eigenvalue weighted by atomic mass is 32.2. The molecule has 2 amide bonds. The molecule has 3 heterocycles. The number of carbonyl (C=O) groups is 2. The van der Waals surface area contributed by atoms with Crippen LogP contribution in [0.3, 0.4) is 0 Å². The van der Waals surface area contributed by atoms with Gasteiger partial charge in [0.1, 0.15) is 10.4 Å². The molecule has 1 aromatic heterocycles. The minimum absolute atomic E-state index is 0.165. The fourth-order valence-corrected chi connectivity index (χ4v) is 5.78. The van der Waals surface area contributed by atoms with E-state index in [1.165, 1.54) is 22.3 Å². The van der Waals surface area contributed by atoms with Crippen LogP contribution < -0.4 is 5.32 Å². The van der Waals surface area contributed by atoms with E-state index >= 15 is 0 Å². The minimum Gasteiger partial charge on any atom is -0.347 e. The number of rotatable bonds is 4. The predicted octanol–water partition coefficient (Wildman–Crippen LogP) is 1.76.